The Morgan fingerprint density at radius 3 is 2.94 bits per heavy atom. The normalized spacial score (nSPS) is 17.1. The van der Waals surface area contributed by atoms with E-state index in [0.717, 1.165) is 0 Å². The molecule has 18 heavy (non-hydrogen) atoms. The average Bonchev–Trinajstić information content (AvgIpc) is 2.76. The fraction of sp³-hybridized carbons (Fsp3) is 0.600. The van der Waals surface area contributed by atoms with E-state index < -0.39 is 11.9 Å². The molecule has 0 bridgehead atoms. The molecular formula is C10H14N4O4. The molecule has 8 nitrogen and oxygen atoms in total. The van der Waals surface area contributed by atoms with Crippen LogP contribution in [-0.4, -0.2) is 45.2 Å². The summed E-state index contributed by atoms with van der Waals surface area (Å²) in [6.07, 6.45) is 1.19. The lowest BCUT2D eigenvalue weighted by atomic mass is 9.87. The zero-order valence-electron chi connectivity index (χ0n) is 9.87. The van der Waals surface area contributed by atoms with Crippen LogP contribution in [0, 0.1) is 11.8 Å². The van der Waals surface area contributed by atoms with Gasteiger partial charge < -0.3 is 19.8 Å². The van der Waals surface area contributed by atoms with E-state index in [0.29, 0.717) is 18.9 Å². The van der Waals surface area contributed by atoms with Gasteiger partial charge in [0.25, 0.3) is 0 Å². The first kappa shape index (κ1) is 12.3. The van der Waals surface area contributed by atoms with E-state index in [1.807, 2.05) is 0 Å². The van der Waals surface area contributed by atoms with Crippen molar-refractivity contribution in [2.24, 2.45) is 11.8 Å². The van der Waals surface area contributed by atoms with Gasteiger partial charge in [0.1, 0.15) is 0 Å². The summed E-state index contributed by atoms with van der Waals surface area (Å²) in [5, 5.41) is 15.0. The molecular weight excluding hydrogens is 240 g/mol. The molecule has 2 amide bonds. The second kappa shape index (κ2) is 5.03. The van der Waals surface area contributed by atoms with E-state index >= 15 is 0 Å². The van der Waals surface area contributed by atoms with Gasteiger partial charge in [-0.2, -0.15) is 4.98 Å². The number of likely N-dealkylation sites (tertiary alicyclic amines) is 1. The number of nitrogens with one attached hydrogen (secondary N) is 1. The number of urea groups is 1. The number of hydrogen-bond donors (Lipinski definition) is 2. The van der Waals surface area contributed by atoms with Crippen LogP contribution in [0.5, 0.6) is 0 Å². The summed E-state index contributed by atoms with van der Waals surface area (Å²) in [7, 11) is 0. The van der Waals surface area contributed by atoms with E-state index in [9.17, 15) is 9.59 Å². The number of amides is 2. The third-order valence-electron chi connectivity index (χ3n) is 3.10. The van der Waals surface area contributed by atoms with Crippen LogP contribution in [0.25, 0.3) is 0 Å². The van der Waals surface area contributed by atoms with Crippen molar-refractivity contribution in [1.82, 2.24) is 20.4 Å². The van der Waals surface area contributed by atoms with Crippen LogP contribution in [0.2, 0.25) is 0 Å². The van der Waals surface area contributed by atoms with Crippen molar-refractivity contribution >= 4 is 12.0 Å². The maximum absolute atomic E-state index is 11.6. The molecule has 1 unspecified atom stereocenters. The Bertz CT molecular complexity index is 427. The monoisotopic (exact) mass is 254 g/mol. The molecule has 2 N–H and O–H groups in total. The van der Waals surface area contributed by atoms with Crippen molar-refractivity contribution < 1.29 is 19.2 Å². The lowest BCUT2D eigenvalue weighted by Gasteiger charge is -2.40. The topological polar surface area (TPSA) is 109 Å². The summed E-state index contributed by atoms with van der Waals surface area (Å²) in [4.78, 5) is 27.7. The van der Waals surface area contributed by atoms with Gasteiger partial charge in [0.05, 0.1) is 12.5 Å². The maximum Gasteiger partial charge on any atom is 0.317 e. The van der Waals surface area contributed by atoms with Crippen molar-refractivity contribution in [3.8, 4) is 0 Å². The Kier molecular flexibility index (Phi) is 3.45. The number of nitrogens with zero attached hydrogens (tertiary/aromatic N) is 3. The third kappa shape index (κ3) is 2.58. The number of rotatable bonds is 4. The van der Waals surface area contributed by atoms with E-state index in [1.165, 1.54) is 6.39 Å². The van der Waals surface area contributed by atoms with Gasteiger partial charge in [0, 0.05) is 19.0 Å². The van der Waals surface area contributed by atoms with Crippen molar-refractivity contribution in [3.63, 3.8) is 0 Å². The summed E-state index contributed by atoms with van der Waals surface area (Å²) in [6.45, 7) is 2.78. The molecule has 2 heterocycles. The number of carboxylic acid groups (broad SMARTS) is 1. The summed E-state index contributed by atoms with van der Waals surface area (Å²) < 4.78 is 4.53. The Morgan fingerprint density at radius 2 is 2.39 bits per heavy atom. The quantitative estimate of drug-likeness (QED) is 0.778. The Balaban J connectivity index is 1.71. The molecule has 0 aromatic carbocycles. The van der Waals surface area contributed by atoms with E-state index in [4.69, 9.17) is 5.11 Å². The Morgan fingerprint density at radius 1 is 1.67 bits per heavy atom. The van der Waals surface area contributed by atoms with Crippen LogP contribution < -0.4 is 5.32 Å². The molecule has 0 radical (unpaired) electrons. The van der Waals surface area contributed by atoms with Crippen LogP contribution in [0.4, 0.5) is 4.79 Å². The van der Waals surface area contributed by atoms with Crippen LogP contribution in [0.3, 0.4) is 0 Å². The fourth-order valence-corrected chi connectivity index (χ4v) is 1.73. The molecule has 1 aromatic rings. The number of carboxylic acids is 1. The first-order chi connectivity index (χ1) is 8.58. The van der Waals surface area contributed by atoms with Crippen molar-refractivity contribution in [2.45, 2.75) is 13.5 Å². The SMILES string of the molecule is CC(C(=O)O)C1CN(C(=O)NCc2ncon2)C1. The highest BCUT2D eigenvalue weighted by Crippen LogP contribution is 2.23. The predicted octanol–water partition coefficient (Wildman–Crippen LogP) is -0.0683. The number of hydrogen-bond acceptors (Lipinski definition) is 5. The molecule has 8 heteroatoms. The van der Waals surface area contributed by atoms with E-state index in [-0.39, 0.29) is 18.5 Å². The largest absolute Gasteiger partial charge is 0.481 e. The highest BCUT2D eigenvalue weighted by Gasteiger charge is 2.37. The number of aromatic nitrogens is 2. The second-order valence-corrected chi connectivity index (χ2v) is 4.30. The van der Waals surface area contributed by atoms with Crippen LogP contribution in [0.1, 0.15) is 12.7 Å². The second-order valence-electron chi connectivity index (χ2n) is 4.30. The Labute approximate surface area is 103 Å². The predicted molar refractivity (Wildman–Crippen MR) is 58.4 cm³/mol. The standard InChI is InChI=1S/C10H14N4O4/c1-6(9(15)16)7-3-14(4-7)10(17)11-2-8-12-5-18-13-8/h5-7H,2-4H2,1H3,(H,11,17)(H,15,16). The van der Waals surface area contributed by atoms with Gasteiger partial charge in [0.15, 0.2) is 5.82 Å². The number of aliphatic carboxylic acids is 1. The molecule has 1 aliphatic heterocycles. The van der Waals surface area contributed by atoms with Gasteiger partial charge in [-0.3, -0.25) is 4.79 Å². The summed E-state index contributed by atoms with van der Waals surface area (Å²) >= 11 is 0. The van der Waals surface area contributed by atoms with Crippen molar-refractivity contribution in [1.29, 1.82) is 0 Å². The molecule has 1 atom stereocenters. The zero-order valence-corrected chi connectivity index (χ0v) is 9.87. The first-order valence-corrected chi connectivity index (χ1v) is 5.58. The lowest BCUT2D eigenvalue weighted by molar-refractivity contribution is -0.144. The first-order valence-electron chi connectivity index (χ1n) is 5.58. The fourth-order valence-electron chi connectivity index (χ4n) is 1.73. The smallest absolute Gasteiger partial charge is 0.317 e. The number of carbonyl (C=O) groups is 2. The van der Waals surface area contributed by atoms with Gasteiger partial charge in [-0.1, -0.05) is 12.1 Å². The molecule has 1 aliphatic rings. The molecule has 0 saturated carbocycles. The van der Waals surface area contributed by atoms with Crippen molar-refractivity contribution in [3.05, 3.63) is 12.2 Å². The minimum atomic E-state index is -0.827. The summed E-state index contributed by atoms with van der Waals surface area (Å²) in [5.74, 6) is -0.823. The van der Waals surface area contributed by atoms with Crippen LogP contribution in [-0.2, 0) is 11.3 Å². The number of carbonyl (C=O) groups excluding carboxylic acids is 1. The summed E-state index contributed by atoms with van der Waals surface area (Å²) in [6, 6.07) is -0.242. The minimum Gasteiger partial charge on any atom is -0.481 e. The van der Waals surface area contributed by atoms with Gasteiger partial charge in [0.2, 0.25) is 6.39 Å². The van der Waals surface area contributed by atoms with E-state index in [1.54, 1.807) is 11.8 Å². The van der Waals surface area contributed by atoms with Crippen molar-refractivity contribution in [2.75, 3.05) is 13.1 Å². The van der Waals surface area contributed by atoms with Gasteiger partial charge in [-0.25, -0.2) is 4.79 Å². The van der Waals surface area contributed by atoms with Gasteiger partial charge in [-0.05, 0) is 0 Å². The molecule has 1 fully saturated rings. The van der Waals surface area contributed by atoms with Crippen LogP contribution >= 0.6 is 0 Å². The van der Waals surface area contributed by atoms with Gasteiger partial charge in [-0.15, -0.1) is 0 Å². The molecule has 0 aliphatic carbocycles. The molecule has 1 saturated heterocycles. The molecule has 0 spiro atoms. The van der Waals surface area contributed by atoms with Crippen LogP contribution in [0.15, 0.2) is 10.9 Å². The highest BCUT2D eigenvalue weighted by molar-refractivity contribution is 5.76. The highest BCUT2D eigenvalue weighted by atomic mass is 16.5. The molecule has 2 rings (SSSR count). The Hall–Kier alpha value is -2.12. The minimum absolute atomic E-state index is 0.0263. The van der Waals surface area contributed by atoms with Gasteiger partial charge >= 0.3 is 12.0 Å². The average molecular weight is 254 g/mol. The summed E-state index contributed by atoms with van der Waals surface area (Å²) in [5.41, 5.74) is 0. The maximum atomic E-state index is 11.6. The third-order valence-corrected chi connectivity index (χ3v) is 3.10. The molecule has 1 aromatic heterocycles. The molecule has 98 valence electrons. The van der Waals surface area contributed by atoms with E-state index in [2.05, 4.69) is 20.0 Å². The lowest BCUT2D eigenvalue weighted by Crippen LogP contribution is -2.56. The zero-order chi connectivity index (χ0) is 13.1.